The van der Waals surface area contributed by atoms with Crippen molar-refractivity contribution < 1.29 is 8.42 Å². The average molecular weight is 369 g/mol. The first-order valence-electron chi connectivity index (χ1n) is 6.13. The van der Waals surface area contributed by atoms with Crippen molar-refractivity contribution in [2.45, 2.75) is 9.10 Å². The highest BCUT2D eigenvalue weighted by Gasteiger charge is 2.24. The molecule has 0 aliphatic rings. The van der Waals surface area contributed by atoms with Crippen molar-refractivity contribution in [3.05, 3.63) is 64.4 Å². The summed E-state index contributed by atoms with van der Waals surface area (Å²) in [6.45, 7) is 0. The number of hydrogen-bond acceptors (Lipinski definition) is 6. The number of halogens is 1. The van der Waals surface area contributed by atoms with Crippen LogP contribution in [-0.4, -0.2) is 13.4 Å². The van der Waals surface area contributed by atoms with Crippen molar-refractivity contribution in [2.24, 2.45) is 4.99 Å². The molecule has 2 heterocycles. The van der Waals surface area contributed by atoms with Crippen LogP contribution in [0.3, 0.4) is 0 Å². The molecule has 0 N–H and O–H groups in total. The van der Waals surface area contributed by atoms with E-state index in [1.165, 1.54) is 10.3 Å². The van der Waals surface area contributed by atoms with E-state index in [-0.39, 0.29) is 14.1 Å². The Morgan fingerprint density at radius 1 is 1.00 bits per heavy atom. The molecule has 0 fully saturated rings. The maximum absolute atomic E-state index is 12.6. The lowest BCUT2D eigenvalue weighted by Gasteiger charge is -2.01. The third kappa shape index (κ3) is 2.98. The molecule has 112 valence electrons. The zero-order chi connectivity index (χ0) is 15.6. The maximum Gasteiger partial charge on any atom is 0.218 e. The van der Waals surface area contributed by atoms with Crippen LogP contribution < -0.4 is 4.67 Å². The maximum atomic E-state index is 12.6. The summed E-state index contributed by atoms with van der Waals surface area (Å²) in [6, 6.07) is 13.5. The van der Waals surface area contributed by atoms with Crippen molar-refractivity contribution >= 4 is 47.9 Å². The average Bonchev–Trinajstić information content (AvgIpc) is 2.91. The smallest absolute Gasteiger partial charge is 0.218 e. The SMILES string of the molecule is O=S(=O)(c1ccccc1)c1ssc(=Nc2ccccn2)c1Cl. The van der Waals surface area contributed by atoms with E-state index in [4.69, 9.17) is 11.6 Å². The van der Waals surface area contributed by atoms with Crippen molar-refractivity contribution in [1.29, 1.82) is 0 Å². The molecule has 22 heavy (non-hydrogen) atoms. The summed E-state index contributed by atoms with van der Waals surface area (Å²) in [5.41, 5.74) is 0. The first-order valence-corrected chi connectivity index (χ1v) is 10.1. The van der Waals surface area contributed by atoms with Gasteiger partial charge in [-0.3, -0.25) is 0 Å². The number of sulfone groups is 1. The molecule has 0 aliphatic heterocycles. The molecule has 3 rings (SSSR count). The summed E-state index contributed by atoms with van der Waals surface area (Å²) in [5.74, 6) is 0.488. The first-order chi connectivity index (χ1) is 10.6. The number of benzene rings is 1. The van der Waals surface area contributed by atoms with Gasteiger partial charge in [0.05, 0.1) is 4.90 Å². The van der Waals surface area contributed by atoms with E-state index >= 15 is 0 Å². The fourth-order valence-corrected chi connectivity index (χ4v) is 7.21. The molecule has 0 atom stereocenters. The molecular weight excluding hydrogens is 360 g/mol. The summed E-state index contributed by atoms with van der Waals surface area (Å²) in [7, 11) is -1.31. The van der Waals surface area contributed by atoms with E-state index in [2.05, 4.69) is 9.98 Å². The second-order valence-corrected chi connectivity index (χ2v) is 8.84. The molecule has 1 aromatic carbocycles. The zero-order valence-corrected chi connectivity index (χ0v) is 14.2. The molecule has 3 aromatic rings. The van der Waals surface area contributed by atoms with Crippen LogP contribution in [0, 0.1) is 0 Å². The second kappa shape index (κ2) is 6.29. The Bertz CT molecular complexity index is 949. The Labute approximate surface area is 139 Å². The number of hydrogen-bond donors (Lipinski definition) is 0. The Balaban J connectivity index is 2.11. The number of pyridine rings is 1. The highest BCUT2D eigenvalue weighted by Crippen LogP contribution is 2.32. The van der Waals surface area contributed by atoms with Gasteiger partial charge >= 0.3 is 0 Å². The summed E-state index contributed by atoms with van der Waals surface area (Å²) >= 11 is 6.23. The van der Waals surface area contributed by atoms with Crippen LogP contribution >= 0.6 is 32.3 Å². The summed E-state index contributed by atoms with van der Waals surface area (Å²) in [6.07, 6.45) is 1.62. The van der Waals surface area contributed by atoms with Crippen LogP contribution in [-0.2, 0) is 9.84 Å². The minimum atomic E-state index is -3.62. The van der Waals surface area contributed by atoms with Crippen molar-refractivity contribution in [1.82, 2.24) is 4.98 Å². The lowest BCUT2D eigenvalue weighted by Crippen LogP contribution is -2.03. The number of aromatic nitrogens is 1. The zero-order valence-electron chi connectivity index (χ0n) is 11.0. The van der Waals surface area contributed by atoms with Crippen molar-refractivity contribution in [3.63, 3.8) is 0 Å². The Morgan fingerprint density at radius 3 is 2.41 bits per heavy atom. The van der Waals surface area contributed by atoms with Crippen LogP contribution in [0.5, 0.6) is 0 Å². The summed E-state index contributed by atoms with van der Waals surface area (Å²) in [4.78, 5) is 8.59. The van der Waals surface area contributed by atoms with Crippen LogP contribution in [0.1, 0.15) is 0 Å². The molecule has 0 saturated carbocycles. The van der Waals surface area contributed by atoms with E-state index in [0.29, 0.717) is 10.5 Å². The Hall–Kier alpha value is -1.54. The Morgan fingerprint density at radius 2 is 1.73 bits per heavy atom. The lowest BCUT2D eigenvalue weighted by molar-refractivity contribution is 0.598. The summed E-state index contributed by atoms with van der Waals surface area (Å²) in [5, 5.41) is 0.143. The van der Waals surface area contributed by atoms with Gasteiger partial charge in [0.25, 0.3) is 0 Å². The molecule has 0 spiro atoms. The van der Waals surface area contributed by atoms with Crippen LogP contribution in [0.25, 0.3) is 0 Å². The second-order valence-electron chi connectivity index (χ2n) is 4.19. The largest absolute Gasteiger partial charge is 0.237 e. The van der Waals surface area contributed by atoms with Gasteiger partial charge in [-0.15, -0.1) is 0 Å². The molecule has 0 bridgehead atoms. The highest BCUT2D eigenvalue weighted by molar-refractivity contribution is 7.95. The van der Waals surface area contributed by atoms with E-state index in [1.807, 2.05) is 0 Å². The Kier molecular flexibility index (Phi) is 4.39. The fraction of sp³-hybridized carbons (Fsp3) is 0. The number of rotatable bonds is 3. The monoisotopic (exact) mass is 368 g/mol. The third-order valence-corrected chi connectivity index (χ3v) is 8.36. The molecule has 8 heteroatoms. The lowest BCUT2D eigenvalue weighted by atomic mass is 10.4. The predicted molar refractivity (Wildman–Crippen MR) is 88.6 cm³/mol. The molecule has 0 unspecified atom stereocenters. The van der Waals surface area contributed by atoms with Gasteiger partial charge in [-0.05, 0) is 24.3 Å². The van der Waals surface area contributed by atoms with Gasteiger partial charge in [0.1, 0.15) is 9.69 Å². The standard InChI is InChI=1S/C14H9ClN2O2S3/c15-12-13(17-11-8-4-5-9-16-11)20-21-14(12)22(18,19)10-6-2-1-3-7-10/h1-9H. The molecule has 4 nitrogen and oxygen atoms in total. The van der Waals surface area contributed by atoms with Gasteiger partial charge in [-0.25, -0.2) is 18.4 Å². The summed E-state index contributed by atoms with van der Waals surface area (Å²) < 4.78 is 25.7. The van der Waals surface area contributed by atoms with Gasteiger partial charge in [0.15, 0.2) is 10.0 Å². The van der Waals surface area contributed by atoms with Crippen molar-refractivity contribution in [3.8, 4) is 0 Å². The van der Waals surface area contributed by atoms with Crippen molar-refractivity contribution in [2.75, 3.05) is 0 Å². The van der Waals surface area contributed by atoms with E-state index in [0.717, 1.165) is 10.3 Å². The van der Waals surface area contributed by atoms with Crippen LogP contribution in [0.4, 0.5) is 5.82 Å². The van der Waals surface area contributed by atoms with Gasteiger partial charge < -0.3 is 0 Å². The van der Waals surface area contributed by atoms with E-state index in [1.54, 1.807) is 54.7 Å². The molecule has 0 aliphatic carbocycles. The van der Waals surface area contributed by atoms with Gasteiger partial charge in [-0.2, -0.15) is 0 Å². The normalized spacial score (nSPS) is 12.5. The molecule has 0 amide bonds. The van der Waals surface area contributed by atoms with Crippen LogP contribution in [0.15, 0.2) is 68.8 Å². The molecule has 0 radical (unpaired) electrons. The topological polar surface area (TPSA) is 59.4 Å². The van der Waals surface area contributed by atoms with Crippen LogP contribution in [0.2, 0.25) is 5.02 Å². The molecular formula is C14H9ClN2O2S3. The predicted octanol–water partition coefficient (Wildman–Crippen LogP) is 3.92. The van der Waals surface area contributed by atoms with E-state index in [9.17, 15) is 8.42 Å². The van der Waals surface area contributed by atoms with E-state index < -0.39 is 9.84 Å². The highest BCUT2D eigenvalue weighted by atomic mass is 35.5. The van der Waals surface area contributed by atoms with Gasteiger partial charge in [0, 0.05) is 6.20 Å². The van der Waals surface area contributed by atoms with Gasteiger partial charge in [0.2, 0.25) is 9.84 Å². The first kappa shape index (κ1) is 15.4. The minimum Gasteiger partial charge on any atom is -0.237 e. The molecule has 0 saturated heterocycles. The third-order valence-electron chi connectivity index (χ3n) is 2.73. The van der Waals surface area contributed by atoms with Gasteiger partial charge in [-0.1, -0.05) is 56.5 Å². The molecule has 2 aromatic heterocycles. The number of nitrogens with zero attached hydrogens (tertiary/aromatic N) is 2. The fourth-order valence-electron chi connectivity index (χ4n) is 1.70. The minimum absolute atomic E-state index is 0.111. The quantitative estimate of drug-likeness (QED) is 0.658.